The fourth-order valence-electron chi connectivity index (χ4n) is 4.58. The van der Waals surface area contributed by atoms with E-state index in [0.29, 0.717) is 42.7 Å². The Kier molecular flexibility index (Phi) is 7.52. The molecule has 8 nitrogen and oxygen atoms in total. The number of likely N-dealkylation sites (N-methyl/N-ethyl adjacent to an activating group) is 1. The van der Waals surface area contributed by atoms with Gasteiger partial charge in [-0.15, -0.1) is 0 Å². The van der Waals surface area contributed by atoms with Gasteiger partial charge in [-0.05, 0) is 38.8 Å². The van der Waals surface area contributed by atoms with E-state index in [-0.39, 0.29) is 47.5 Å². The minimum absolute atomic E-state index is 0.160. The standard InChI is InChI=1S/C28H30N2O6/c1-4-35-28(34)20-12-9-15-30(16-20)23(31)17-29(3)27(33)22-14-8-13-21-24(32)18(2)25(36-26(21)22)19-10-6-5-7-11-19/h5-8,10-11,13-14,20H,4,9,12,15-17H2,1-3H3. The van der Waals surface area contributed by atoms with Crippen molar-refractivity contribution in [2.45, 2.75) is 26.7 Å². The van der Waals surface area contributed by atoms with Gasteiger partial charge in [-0.3, -0.25) is 19.2 Å². The molecule has 1 aliphatic heterocycles. The Morgan fingerprint density at radius 1 is 1.11 bits per heavy atom. The first-order valence-corrected chi connectivity index (χ1v) is 12.1. The summed E-state index contributed by atoms with van der Waals surface area (Å²) in [5.41, 5.74) is 1.39. The third kappa shape index (κ3) is 5.03. The number of likely N-dealkylation sites (tertiary alicyclic amines) is 1. The van der Waals surface area contributed by atoms with Gasteiger partial charge in [0, 0.05) is 31.3 Å². The molecule has 8 heteroatoms. The summed E-state index contributed by atoms with van der Waals surface area (Å²) in [7, 11) is 1.54. The summed E-state index contributed by atoms with van der Waals surface area (Å²) in [6, 6.07) is 14.1. The van der Waals surface area contributed by atoms with Gasteiger partial charge in [0.2, 0.25) is 5.91 Å². The second kappa shape index (κ2) is 10.8. The predicted molar refractivity (Wildman–Crippen MR) is 136 cm³/mol. The van der Waals surface area contributed by atoms with Crippen LogP contribution in [0.2, 0.25) is 0 Å². The zero-order chi connectivity index (χ0) is 25.8. The van der Waals surface area contributed by atoms with E-state index in [9.17, 15) is 19.2 Å². The van der Waals surface area contributed by atoms with Gasteiger partial charge in [-0.1, -0.05) is 36.4 Å². The largest absolute Gasteiger partial charge is 0.466 e. The molecular formula is C28H30N2O6. The van der Waals surface area contributed by atoms with Crippen LogP contribution in [0.3, 0.4) is 0 Å². The Hall–Kier alpha value is -3.94. The molecular weight excluding hydrogens is 460 g/mol. The van der Waals surface area contributed by atoms with Crippen molar-refractivity contribution >= 4 is 28.8 Å². The second-order valence-corrected chi connectivity index (χ2v) is 9.03. The fourth-order valence-corrected chi connectivity index (χ4v) is 4.58. The number of hydrogen-bond donors (Lipinski definition) is 0. The number of ether oxygens (including phenoxy) is 1. The zero-order valence-corrected chi connectivity index (χ0v) is 20.8. The van der Waals surface area contributed by atoms with Gasteiger partial charge in [0.15, 0.2) is 11.0 Å². The van der Waals surface area contributed by atoms with Gasteiger partial charge in [-0.25, -0.2) is 0 Å². The highest BCUT2D eigenvalue weighted by Crippen LogP contribution is 2.28. The molecule has 1 atom stereocenters. The topological polar surface area (TPSA) is 97.1 Å². The lowest BCUT2D eigenvalue weighted by Crippen LogP contribution is -2.47. The quantitative estimate of drug-likeness (QED) is 0.490. The highest BCUT2D eigenvalue weighted by atomic mass is 16.5. The predicted octanol–water partition coefficient (Wildman–Crippen LogP) is 3.64. The molecule has 0 aliphatic carbocycles. The second-order valence-electron chi connectivity index (χ2n) is 9.03. The lowest BCUT2D eigenvalue weighted by molar-refractivity contribution is -0.151. The number of esters is 1. The highest BCUT2D eigenvalue weighted by Gasteiger charge is 2.30. The molecule has 36 heavy (non-hydrogen) atoms. The number of carbonyl (C=O) groups is 3. The van der Waals surface area contributed by atoms with E-state index >= 15 is 0 Å². The van der Waals surface area contributed by atoms with Gasteiger partial charge in [0.25, 0.3) is 5.91 Å². The van der Waals surface area contributed by atoms with Crippen molar-refractivity contribution in [3.8, 4) is 11.3 Å². The number of benzene rings is 2. The van der Waals surface area contributed by atoms with Crippen LogP contribution in [0.25, 0.3) is 22.3 Å². The van der Waals surface area contributed by atoms with Gasteiger partial charge >= 0.3 is 5.97 Å². The minimum atomic E-state index is -0.432. The lowest BCUT2D eigenvalue weighted by atomic mass is 9.98. The summed E-state index contributed by atoms with van der Waals surface area (Å²) in [6.07, 6.45) is 1.37. The third-order valence-electron chi connectivity index (χ3n) is 6.52. The molecule has 1 saturated heterocycles. The van der Waals surface area contributed by atoms with Crippen molar-refractivity contribution in [2.24, 2.45) is 5.92 Å². The molecule has 188 valence electrons. The van der Waals surface area contributed by atoms with E-state index in [2.05, 4.69) is 0 Å². The van der Waals surface area contributed by atoms with Gasteiger partial charge in [0.05, 0.1) is 30.0 Å². The van der Waals surface area contributed by atoms with Crippen LogP contribution in [0.15, 0.2) is 57.7 Å². The monoisotopic (exact) mass is 490 g/mol. The van der Waals surface area contributed by atoms with Crippen LogP contribution < -0.4 is 5.43 Å². The number of carbonyl (C=O) groups excluding carboxylic acids is 3. The molecule has 0 radical (unpaired) electrons. The number of hydrogen-bond acceptors (Lipinski definition) is 6. The Balaban J connectivity index is 1.58. The van der Waals surface area contributed by atoms with Crippen molar-refractivity contribution < 1.29 is 23.5 Å². The first-order chi connectivity index (χ1) is 17.3. The van der Waals surface area contributed by atoms with Crippen LogP contribution in [0.4, 0.5) is 0 Å². The van der Waals surface area contributed by atoms with Crippen molar-refractivity contribution in [1.82, 2.24) is 9.80 Å². The first kappa shape index (κ1) is 25.2. The Bertz CT molecular complexity index is 1350. The van der Waals surface area contributed by atoms with E-state index in [1.807, 2.05) is 30.3 Å². The molecule has 1 unspecified atom stereocenters. The maximum atomic E-state index is 13.4. The summed E-state index contributed by atoms with van der Waals surface area (Å²) in [4.78, 5) is 54.5. The van der Waals surface area contributed by atoms with E-state index < -0.39 is 5.91 Å². The highest BCUT2D eigenvalue weighted by molar-refractivity contribution is 6.06. The van der Waals surface area contributed by atoms with E-state index in [1.54, 1.807) is 36.9 Å². The molecule has 3 aromatic rings. The van der Waals surface area contributed by atoms with Gasteiger partial charge < -0.3 is 19.0 Å². The molecule has 2 aromatic carbocycles. The van der Waals surface area contributed by atoms with E-state index in [4.69, 9.17) is 9.15 Å². The summed E-state index contributed by atoms with van der Waals surface area (Å²) in [5.74, 6) is -0.919. The Labute approximate surface area is 209 Å². The van der Waals surface area contributed by atoms with Gasteiger partial charge in [-0.2, -0.15) is 0 Å². The normalized spacial score (nSPS) is 15.5. The molecule has 0 bridgehead atoms. The van der Waals surface area contributed by atoms with Crippen LogP contribution in [0.1, 0.15) is 35.7 Å². The van der Waals surface area contributed by atoms with Crippen LogP contribution in [-0.4, -0.2) is 60.9 Å². The van der Waals surface area contributed by atoms with E-state index in [1.165, 1.54) is 11.9 Å². The summed E-state index contributed by atoms with van der Waals surface area (Å²) >= 11 is 0. The smallest absolute Gasteiger partial charge is 0.310 e. The molecule has 0 N–H and O–H groups in total. The number of fused-ring (bicyclic) bond motifs is 1. The Morgan fingerprint density at radius 2 is 1.86 bits per heavy atom. The van der Waals surface area contributed by atoms with Crippen molar-refractivity contribution in [3.63, 3.8) is 0 Å². The molecule has 2 amide bonds. The van der Waals surface area contributed by atoms with Crippen molar-refractivity contribution in [3.05, 3.63) is 69.9 Å². The number of piperidine rings is 1. The third-order valence-corrected chi connectivity index (χ3v) is 6.52. The average molecular weight is 491 g/mol. The van der Waals surface area contributed by atoms with Crippen LogP contribution in [0.5, 0.6) is 0 Å². The fraction of sp³-hybridized carbons (Fsp3) is 0.357. The lowest BCUT2D eigenvalue weighted by Gasteiger charge is -2.32. The zero-order valence-electron chi connectivity index (χ0n) is 20.8. The maximum Gasteiger partial charge on any atom is 0.310 e. The molecule has 4 rings (SSSR count). The first-order valence-electron chi connectivity index (χ1n) is 12.1. The SMILES string of the molecule is CCOC(=O)C1CCCN(C(=O)CN(C)C(=O)c2cccc3c(=O)c(C)c(-c4ccccc4)oc23)C1. The van der Waals surface area contributed by atoms with Crippen molar-refractivity contribution in [1.29, 1.82) is 0 Å². The number of nitrogens with zero attached hydrogens (tertiary/aromatic N) is 2. The molecule has 1 aliphatic rings. The number of amides is 2. The number of para-hydroxylation sites is 1. The molecule has 0 saturated carbocycles. The van der Waals surface area contributed by atoms with Crippen LogP contribution in [0, 0.1) is 12.8 Å². The molecule has 1 fully saturated rings. The molecule has 0 spiro atoms. The summed E-state index contributed by atoms with van der Waals surface area (Å²) in [6.45, 7) is 4.40. The van der Waals surface area contributed by atoms with E-state index in [0.717, 1.165) is 5.56 Å². The average Bonchev–Trinajstić information content (AvgIpc) is 2.90. The summed E-state index contributed by atoms with van der Waals surface area (Å²) in [5, 5.41) is 0.311. The Morgan fingerprint density at radius 3 is 2.58 bits per heavy atom. The van der Waals surface area contributed by atoms with Crippen LogP contribution >= 0.6 is 0 Å². The van der Waals surface area contributed by atoms with Crippen LogP contribution in [-0.2, 0) is 14.3 Å². The van der Waals surface area contributed by atoms with Crippen molar-refractivity contribution in [2.75, 3.05) is 33.3 Å². The molecule has 1 aromatic heterocycles. The molecule has 2 heterocycles. The number of rotatable bonds is 6. The summed E-state index contributed by atoms with van der Waals surface area (Å²) < 4.78 is 11.3. The maximum absolute atomic E-state index is 13.4. The van der Waals surface area contributed by atoms with Gasteiger partial charge in [0.1, 0.15) is 5.76 Å². The minimum Gasteiger partial charge on any atom is -0.466 e.